The lowest BCUT2D eigenvalue weighted by Crippen LogP contribution is -2.60. The summed E-state index contributed by atoms with van der Waals surface area (Å²) >= 11 is 0. The molecule has 0 saturated heterocycles. The van der Waals surface area contributed by atoms with E-state index in [-0.39, 0.29) is 16.4 Å². The molecule has 3 nitrogen and oxygen atoms in total. The molecule has 2 unspecified atom stereocenters. The number of rotatable bonds is 14. The molecule has 0 aliphatic rings. The van der Waals surface area contributed by atoms with E-state index in [4.69, 9.17) is 13.3 Å². The maximum atomic E-state index is 6.91. The molecule has 0 rings (SSSR count). The molecule has 0 aromatic heterocycles. The molecule has 0 aromatic carbocycles. The van der Waals surface area contributed by atoms with Crippen LogP contribution in [-0.2, 0) is 13.3 Å². The Morgan fingerprint density at radius 1 is 0.923 bits per heavy atom. The summed E-state index contributed by atoms with van der Waals surface area (Å²) in [4.78, 5) is 0.252. The van der Waals surface area contributed by atoms with Gasteiger partial charge in [-0.3, -0.25) is 9.48 Å². The topological polar surface area (TPSA) is 27.7 Å². The van der Waals surface area contributed by atoms with Crippen molar-refractivity contribution in [2.45, 2.75) is 98.0 Å². The molecule has 0 aliphatic heterocycles. The molecule has 0 bridgehead atoms. The molecule has 0 spiro atoms. The van der Waals surface area contributed by atoms with Crippen LogP contribution >= 0.6 is 9.48 Å². The Balaban J connectivity index is 5.77. The van der Waals surface area contributed by atoms with E-state index in [2.05, 4.69) is 70.4 Å². The molecule has 26 heavy (non-hydrogen) atoms. The van der Waals surface area contributed by atoms with Gasteiger partial charge in [-0.05, 0) is 37.2 Å². The Bertz CT molecular complexity index is 357. The van der Waals surface area contributed by atoms with Crippen molar-refractivity contribution in [3.05, 3.63) is 0 Å². The fourth-order valence-electron chi connectivity index (χ4n) is 2.65. The van der Waals surface area contributed by atoms with Crippen LogP contribution in [0.25, 0.3) is 0 Å². The minimum absolute atomic E-state index is 0.0709. The van der Waals surface area contributed by atoms with Gasteiger partial charge in [0.15, 0.2) is 0 Å². The summed E-state index contributed by atoms with van der Waals surface area (Å²) < 4.78 is 20.0. The summed E-state index contributed by atoms with van der Waals surface area (Å²) in [6.07, 6.45) is 11.2. The van der Waals surface area contributed by atoms with Crippen LogP contribution in [0.4, 0.5) is 0 Å². The maximum absolute atomic E-state index is 6.91. The molecular weight excluding hydrogens is 376 g/mol. The van der Waals surface area contributed by atoms with Gasteiger partial charge in [0.05, 0.1) is 20.4 Å². The van der Waals surface area contributed by atoms with Crippen LogP contribution in [0.15, 0.2) is 0 Å². The van der Waals surface area contributed by atoms with Gasteiger partial charge in [-0.2, -0.15) is 0 Å². The predicted molar refractivity (Wildman–Crippen MR) is 121 cm³/mol. The second-order valence-corrected chi connectivity index (χ2v) is 18.8. The van der Waals surface area contributed by atoms with Crippen LogP contribution in [-0.4, -0.2) is 54.9 Å². The highest BCUT2D eigenvalue weighted by atomic mass is 32.4. The van der Waals surface area contributed by atoms with Crippen molar-refractivity contribution in [3.8, 4) is 0 Å². The highest BCUT2D eigenvalue weighted by molar-refractivity contribution is 8.50. The van der Waals surface area contributed by atoms with E-state index in [0.29, 0.717) is 0 Å². The molecule has 0 aromatic rings. The average molecular weight is 422 g/mol. The van der Waals surface area contributed by atoms with Crippen molar-refractivity contribution in [1.82, 2.24) is 0 Å². The summed E-state index contributed by atoms with van der Waals surface area (Å²) in [5.41, 5.74) is 0.0709. The van der Waals surface area contributed by atoms with E-state index in [9.17, 15) is 0 Å². The summed E-state index contributed by atoms with van der Waals surface area (Å²) in [6.45, 7) is 17.1. The molecule has 0 heterocycles. The Labute approximate surface area is 170 Å². The summed E-state index contributed by atoms with van der Waals surface area (Å²) in [5.74, 6) is 0. The first-order valence-corrected chi connectivity index (χ1v) is 15.9. The molecule has 3 radical (unpaired) electrons. The van der Waals surface area contributed by atoms with Crippen LogP contribution in [0, 0.1) is 5.41 Å². The van der Waals surface area contributed by atoms with Gasteiger partial charge in [-0.1, -0.05) is 67.7 Å². The molecule has 0 aliphatic carbocycles. The van der Waals surface area contributed by atoms with E-state index in [1.165, 1.54) is 0 Å². The van der Waals surface area contributed by atoms with E-state index in [0.717, 1.165) is 51.7 Å². The smallest absolute Gasteiger partial charge is 0.373 e. The SMILES string of the molecule is CCCCO[Si](OCCCC)(OC(CCC)C(C)(C)C)C(C)S(C)(C)[Si]. The number of unbranched alkanes of at least 4 members (excludes halogenated alkanes) is 2. The third-order valence-electron chi connectivity index (χ3n) is 4.81. The van der Waals surface area contributed by atoms with Gasteiger partial charge < -0.3 is 13.3 Å². The fourth-order valence-corrected chi connectivity index (χ4v) is 10.0. The van der Waals surface area contributed by atoms with Gasteiger partial charge in [0.1, 0.15) is 0 Å². The first-order chi connectivity index (χ1) is 11.9. The molecule has 0 N–H and O–H groups in total. The lowest BCUT2D eigenvalue weighted by Gasteiger charge is -2.46. The molecule has 0 amide bonds. The Hall–Kier alpha value is 0.664. The monoisotopic (exact) mass is 421 g/mol. The van der Waals surface area contributed by atoms with E-state index >= 15 is 0 Å². The normalized spacial score (nSPS) is 16.5. The van der Waals surface area contributed by atoms with Gasteiger partial charge in [-0.15, -0.1) is 0 Å². The van der Waals surface area contributed by atoms with Gasteiger partial charge in [0.25, 0.3) is 0 Å². The zero-order valence-electron chi connectivity index (χ0n) is 18.9. The summed E-state index contributed by atoms with van der Waals surface area (Å²) in [6, 6.07) is 0. The highest BCUT2D eigenvalue weighted by Gasteiger charge is 2.53. The Kier molecular flexibility index (Phi) is 12.6. The predicted octanol–water partition coefficient (Wildman–Crippen LogP) is 5.87. The third kappa shape index (κ3) is 9.24. The average Bonchev–Trinajstić information content (AvgIpc) is 2.52. The van der Waals surface area contributed by atoms with Crippen molar-refractivity contribution >= 4 is 27.7 Å². The second kappa shape index (κ2) is 12.3. The van der Waals surface area contributed by atoms with Crippen molar-refractivity contribution in [2.24, 2.45) is 5.41 Å². The Morgan fingerprint density at radius 2 is 1.38 bits per heavy atom. The van der Waals surface area contributed by atoms with E-state index in [1.807, 2.05) is 0 Å². The van der Waals surface area contributed by atoms with Crippen LogP contribution in [0.1, 0.15) is 87.0 Å². The van der Waals surface area contributed by atoms with Gasteiger partial charge in [0, 0.05) is 13.2 Å². The van der Waals surface area contributed by atoms with E-state index < -0.39 is 18.3 Å². The van der Waals surface area contributed by atoms with Crippen LogP contribution in [0.3, 0.4) is 0 Å². The van der Waals surface area contributed by atoms with Gasteiger partial charge >= 0.3 is 8.80 Å². The largest absolute Gasteiger partial charge is 0.512 e. The van der Waals surface area contributed by atoms with Gasteiger partial charge in [0.2, 0.25) is 0 Å². The minimum atomic E-state index is -2.83. The Morgan fingerprint density at radius 3 is 1.69 bits per heavy atom. The quantitative estimate of drug-likeness (QED) is 0.259. The number of hydrogen-bond acceptors (Lipinski definition) is 3. The second-order valence-electron chi connectivity index (χ2n) is 8.82. The zero-order chi connectivity index (χ0) is 20.4. The van der Waals surface area contributed by atoms with Crippen molar-refractivity contribution < 1.29 is 13.3 Å². The summed E-state index contributed by atoms with van der Waals surface area (Å²) in [7, 11) is 0.135. The maximum Gasteiger partial charge on any atom is 0.512 e. The van der Waals surface area contributed by atoms with Gasteiger partial charge in [-0.25, -0.2) is 0 Å². The molecule has 0 saturated carbocycles. The lowest BCUT2D eigenvalue weighted by atomic mass is 9.87. The van der Waals surface area contributed by atoms with Crippen LogP contribution in [0.5, 0.6) is 0 Å². The first-order valence-electron chi connectivity index (χ1n) is 10.4. The van der Waals surface area contributed by atoms with Crippen molar-refractivity contribution in [1.29, 1.82) is 0 Å². The van der Waals surface area contributed by atoms with Crippen molar-refractivity contribution in [3.63, 3.8) is 0 Å². The standard InChI is InChI=1S/C20H45O3SSi2/c1-10-13-16-21-26(22-17-14-11-2,18(4)24(8,9)25)23-19(15-12-3)20(5,6)7/h18-19H,10-17H2,1-9H3. The highest BCUT2D eigenvalue weighted by Crippen LogP contribution is 2.46. The third-order valence-corrected chi connectivity index (χ3v) is 13.8. The number of hydrogen-bond donors (Lipinski definition) is 0. The molecule has 2 atom stereocenters. The minimum Gasteiger partial charge on any atom is -0.373 e. The lowest BCUT2D eigenvalue weighted by molar-refractivity contribution is -0.0200. The fraction of sp³-hybridized carbons (Fsp3) is 1.00. The van der Waals surface area contributed by atoms with Crippen molar-refractivity contribution in [2.75, 3.05) is 25.7 Å². The molecule has 6 heteroatoms. The summed E-state index contributed by atoms with van der Waals surface area (Å²) in [5, 5.41) is 0. The van der Waals surface area contributed by atoms with Crippen LogP contribution in [0.2, 0.25) is 0 Å². The van der Waals surface area contributed by atoms with Crippen LogP contribution < -0.4 is 0 Å². The first kappa shape index (κ1) is 26.7. The molecular formula is C20H45O3SSi2. The molecule has 0 fully saturated rings. The molecule has 157 valence electrons. The zero-order valence-corrected chi connectivity index (χ0v) is 21.8. The van der Waals surface area contributed by atoms with E-state index in [1.54, 1.807) is 0 Å².